The molecule has 0 bridgehead atoms. The highest BCUT2D eigenvalue weighted by atomic mass is 35.5. The highest BCUT2D eigenvalue weighted by molar-refractivity contribution is 4.70. The molecule has 0 aliphatic heterocycles. The molecule has 0 spiro atoms. The Balaban J connectivity index is -0.0000106. The minimum Gasteiger partial charge on any atom is -1.00 e. The van der Waals surface area contributed by atoms with Gasteiger partial charge in [-0.3, -0.25) is 4.90 Å². The lowest BCUT2D eigenvalue weighted by Gasteiger charge is -2.36. The van der Waals surface area contributed by atoms with Crippen molar-refractivity contribution in [1.82, 2.24) is 4.90 Å². The van der Waals surface area contributed by atoms with Crippen LogP contribution in [0.25, 0.3) is 0 Å². The van der Waals surface area contributed by atoms with Gasteiger partial charge in [-0.05, 0) is 38.6 Å². The van der Waals surface area contributed by atoms with Crippen LogP contribution in [0, 0.1) is 0 Å². The van der Waals surface area contributed by atoms with Crippen LogP contribution in [0.2, 0.25) is 0 Å². The number of rotatable bonds is 37. The second kappa shape index (κ2) is 36.7. The van der Waals surface area contributed by atoms with Gasteiger partial charge >= 0.3 is 0 Å². The topological polar surface area (TPSA) is 43.7 Å². The van der Waals surface area contributed by atoms with Crippen LogP contribution < -0.4 is 24.8 Å². The summed E-state index contributed by atoms with van der Waals surface area (Å²) in [5.41, 5.74) is 0. The number of hydrogen-bond acceptors (Lipinski definition) is 3. The Morgan fingerprint density at radius 2 is 0.633 bits per heavy atom. The summed E-state index contributed by atoms with van der Waals surface area (Å²) in [4.78, 5) is 2.39. The van der Waals surface area contributed by atoms with Crippen molar-refractivity contribution in [1.29, 1.82) is 0 Å². The molecule has 2 atom stereocenters. The van der Waals surface area contributed by atoms with E-state index >= 15 is 0 Å². The predicted molar refractivity (Wildman–Crippen MR) is 209 cm³/mol. The van der Waals surface area contributed by atoms with Crippen molar-refractivity contribution in [2.45, 2.75) is 200 Å². The fraction of sp³-hybridized carbons (Fsp3) is 1.00. The van der Waals surface area contributed by atoms with Crippen LogP contribution in [0.1, 0.15) is 188 Å². The van der Waals surface area contributed by atoms with E-state index in [0.29, 0.717) is 13.1 Å². The van der Waals surface area contributed by atoms with Gasteiger partial charge in [0, 0.05) is 13.1 Å². The Kier molecular flexibility index (Phi) is 40.3. The Morgan fingerprint density at radius 1 is 0.388 bits per heavy atom. The third-order valence-corrected chi connectivity index (χ3v) is 10.4. The summed E-state index contributed by atoms with van der Waals surface area (Å²) in [6, 6.07) is 0. The number of aliphatic hydroxyl groups is 2. The van der Waals surface area contributed by atoms with Crippen LogP contribution in [0.15, 0.2) is 0 Å². The maximum absolute atomic E-state index is 11.3. The molecule has 0 aromatic heterocycles. The van der Waals surface area contributed by atoms with E-state index in [1.54, 1.807) is 0 Å². The lowest BCUT2D eigenvalue weighted by molar-refractivity contribution is -0.893. The lowest BCUT2D eigenvalue weighted by Crippen LogP contribution is -3.00. The average Bonchev–Trinajstić information content (AvgIpc) is 3.00. The highest BCUT2D eigenvalue weighted by Crippen LogP contribution is 2.15. The Morgan fingerprint density at radius 3 is 0.918 bits per heavy atom. The average molecular weight is 741 g/mol. The molecular weight excluding hydrogens is 649 g/mol. The summed E-state index contributed by atoms with van der Waals surface area (Å²) in [6.07, 6.45) is 34.3. The monoisotopic (exact) mass is 740 g/mol. The quantitative estimate of drug-likeness (QED) is 0.0736. The third kappa shape index (κ3) is 37.9. The van der Waals surface area contributed by atoms with Crippen molar-refractivity contribution < 1.29 is 44.0 Å². The normalized spacial score (nSPS) is 13.3. The fourth-order valence-corrected chi connectivity index (χ4v) is 7.46. The molecule has 0 amide bonds. The number of unbranched alkanes of at least 4 members (excludes halogenated alkanes) is 23. The summed E-state index contributed by atoms with van der Waals surface area (Å²) in [6.45, 7) is 13.1. The molecule has 0 heterocycles. The predicted octanol–water partition coefficient (Wildman–Crippen LogP) is 4.37. The molecule has 0 aliphatic carbocycles. The standard InChI is InChI=1S/C42H91N3O2.2ClH/c1-8-11-14-17-20-22-24-26-29-32-35-44(4,5)39-41(46)37-43(34-31-28-19-16-13-10-3)38-42(47)40-45(6,7)36-33-30-27-25-23-21-18-15-12-9-2;;/h41-42,46-47H,8-40H2,1-7H3;2*1H/q+2;;/p-2. The molecule has 0 aromatic rings. The molecule has 0 saturated heterocycles. The van der Waals surface area contributed by atoms with Crippen molar-refractivity contribution in [3.63, 3.8) is 0 Å². The molecule has 7 heteroatoms. The third-order valence-electron chi connectivity index (χ3n) is 10.4. The van der Waals surface area contributed by atoms with Crippen molar-refractivity contribution in [2.24, 2.45) is 0 Å². The zero-order valence-corrected chi connectivity index (χ0v) is 36.0. The summed E-state index contributed by atoms with van der Waals surface area (Å²) in [7, 11) is 9.16. The highest BCUT2D eigenvalue weighted by Gasteiger charge is 2.26. The summed E-state index contributed by atoms with van der Waals surface area (Å²) in [5, 5.41) is 22.5. The Labute approximate surface area is 321 Å². The van der Waals surface area contributed by atoms with Crippen molar-refractivity contribution in [2.75, 3.05) is 74.0 Å². The number of halogens is 2. The van der Waals surface area contributed by atoms with Crippen LogP contribution in [0.3, 0.4) is 0 Å². The fourth-order valence-electron chi connectivity index (χ4n) is 7.46. The van der Waals surface area contributed by atoms with Crippen LogP contribution in [0.5, 0.6) is 0 Å². The first-order valence-electron chi connectivity index (χ1n) is 21.3. The Bertz CT molecular complexity index is 607. The molecule has 0 saturated carbocycles. The molecule has 2 unspecified atom stereocenters. The second-order valence-electron chi connectivity index (χ2n) is 16.9. The molecule has 49 heavy (non-hydrogen) atoms. The number of nitrogens with zero attached hydrogens (tertiary/aromatic N) is 3. The van der Waals surface area contributed by atoms with E-state index in [9.17, 15) is 10.2 Å². The van der Waals surface area contributed by atoms with E-state index in [0.717, 1.165) is 48.1 Å². The minimum absolute atomic E-state index is 0. The number of aliphatic hydroxyl groups excluding tert-OH is 2. The number of hydrogen-bond donors (Lipinski definition) is 2. The smallest absolute Gasteiger partial charge is 0.115 e. The van der Waals surface area contributed by atoms with Gasteiger partial charge < -0.3 is 44.0 Å². The maximum atomic E-state index is 11.3. The maximum Gasteiger partial charge on any atom is 0.115 e. The Hall–Kier alpha value is 0.380. The molecule has 0 aromatic carbocycles. The van der Waals surface area contributed by atoms with Gasteiger partial charge in [-0.1, -0.05) is 156 Å². The van der Waals surface area contributed by atoms with Crippen molar-refractivity contribution in [3.05, 3.63) is 0 Å². The van der Waals surface area contributed by atoms with Gasteiger partial charge in [-0.15, -0.1) is 0 Å². The molecule has 0 rings (SSSR count). The van der Waals surface area contributed by atoms with Gasteiger partial charge in [-0.2, -0.15) is 0 Å². The van der Waals surface area contributed by atoms with E-state index in [4.69, 9.17) is 0 Å². The zero-order valence-electron chi connectivity index (χ0n) is 34.5. The summed E-state index contributed by atoms with van der Waals surface area (Å²) >= 11 is 0. The van der Waals surface area contributed by atoms with Gasteiger partial charge in [-0.25, -0.2) is 0 Å². The van der Waals surface area contributed by atoms with Gasteiger partial charge in [0.2, 0.25) is 0 Å². The summed E-state index contributed by atoms with van der Waals surface area (Å²) in [5.74, 6) is 0. The van der Waals surface area contributed by atoms with Crippen molar-refractivity contribution in [3.8, 4) is 0 Å². The SMILES string of the molecule is CCCCCCCCCCCC[N+](C)(C)CC(O)CN(CCCCCCCC)CC(O)C[N+](C)(C)CCCCCCCCCCCC.[Cl-].[Cl-]. The van der Waals surface area contributed by atoms with Gasteiger partial charge in [0.05, 0.1) is 41.3 Å². The lowest BCUT2D eigenvalue weighted by atomic mass is 10.1. The van der Waals surface area contributed by atoms with Crippen LogP contribution >= 0.6 is 0 Å². The minimum atomic E-state index is -0.352. The first-order valence-corrected chi connectivity index (χ1v) is 21.3. The van der Waals surface area contributed by atoms with Crippen molar-refractivity contribution >= 4 is 0 Å². The summed E-state index contributed by atoms with van der Waals surface area (Å²) < 4.78 is 1.77. The van der Waals surface area contributed by atoms with E-state index in [1.165, 1.54) is 161 Å². The van der Waals surface area contributed by atoms with Crippen LogP contribution in [-0.2, 0) is 0 Å². The zero-order chi connectivity index (χ0) is 35.1. The van der Waals surface area contributed by atoms with E-state index < -0.39 is 0 Å². The van der Waals surface area contributed by atoms with Gasteiger partial charge in [0.25, 0.3) is 0 Å². The van der Waals surface area contributed by atoms with Crippen LogP contribution in [0.4, 0.5) is 0 Å². The molecule has 0 aliphatic rings. The van der Waals surface area contributed by atoms with Crippen LogP contribution in [-0.4, -0.2) is 110 Å². The van der Waals surface area contributed by atoms with E-state index in [1.807, 2.05) is 0 Å². The van der Waals surface area contributed by atoms with E-state index in [2.05, 4.69) is 53.9 Å². The number of quaternary nitrogens is 2. The number of likely N-dealkylation sites (N-methyl/N-ethyl adjacent to an activating group) is 2. The first kappa shape index (κ1) is 53.7. The van der Waals surface area contributed by atoms with Gasteiger partial charge in [0.1, 0.15) is 25.3 Å². The molecule has 5 nitrogen and oxygen atoms in total. The first-order chi connectivity index (χ1) is 22.5. The molecule has 0 fully saturated rings. The molecule has 300 valence electrons. The second-order valence-corrected chi connectivity index (χ2v) is 16.9. The van der Waals surface area contributed by atoms with Gasteiger partial charge in [0.15, 0.2) is 0 Å². The molecular formula is C42H91Cl2N3O2. The molecule has 2 N–H and O–H groups in total. The molecule has 0 radical (unpaired) electrons. The van der Waals surface area contributed by atoms with E-state index in [-0.39, 0.29) is 37.0 Å². The largest absolute Gasteiger partial charge is 1.00 e.